The Labute approximate surface area is 140 Å². The molecule has 0 bridgehead atoms. The number of anilines is 1. The van der Waals surface area contributed by atoms with Gasteiger partial charge in [0.25, 0.3) is 0 Å². The van der Waals surface area contributed by atoms with Crippen molar-refractivity contribution in [2.45, 2.75) is 32.1 Å². The summed E-state index contributed by atoms with van der Waals surface area (Å²) in [5, 5.41) is 2.70. The molecule has 3 amide bonds. The van der Waals surface area contributed by atoms with Gasteiger partial charge in [-0.15, -0.1) is 0 Å². The van der Waals surface area contributed by atoms with Crippen LogP contribution in [0.4, 0.5) is 5.69 Å². The number of pyridine rings is 1. The van der Waals surface area contributed by atoms with Crippen LogP contribution in [-0.2, 0) is 14.4 Å². The van der Waals surface area contributed by atoms with Gasteiger partial charge in [0.2, 0.25) is 23.6 Å². The van der Waals surface area contributed by atoms with E-state index >= 15 is 0 Å². The SMILES string of the molecule is COc1ccc(NC(=O)CCN2C(=O)[C@@H]3CCCC[C@H]3C2=O)cn1. The van der Waals surface area contributed by atoms with Crippen LogP contribution in [0.5, 0.6) is 5.88 Å². The van der Waals surface area contributed by atoms with E-state index in [1.165, 1.54) is 18.2 Å². The lowest BCUT2D eigenvalue weighted by atomic mass is 9.81. The predicted octanol–water partition coefficient (Wildman–Crippen LogP) is 1.59. The number of aromatic nitrogens is 1. The highest BCUT2D eigenvalue weighted by Crippen LogP contribution is 2.37. The van der Waals surface area contributed by atoms with E-state index in [0.717, 1.165) is 25.7 Å². The number of carbonyl (C=O) groups is 3. The van der Waals surface area contributed by atoms with Gasteiger partial charge in [0.15, 0.2) is 0 Å². The molecule has 1 aromatic rings. The molecule has 24 heavy (non-hydrogen) atoms. The summed E-state index contributed by atoms with van der Waals surface area (Å²) in [5.41, 5.74) is 0.550. The topological polar surface area (TPSA) is 88.6 Å². The minimum Gasteiger partial charge on any atom is -0.481 e. The molecule has 2 heterocycles. The number of hydrogen-bond donors (Lipinski definition) is 1. The van der Waals surface area contributed by atoms with Crippen LogP contribution in [0, 0.1) is 11.8 Å². The lowest BCUT2D eigenvalue weighted by molar-refractivity contribution is -0.140. The van der Waals surface area contributed by atoms with Crippen molar-refractivity contribution in [3.8, 4) is 5.88 Å². The highest BCUT2D eigenvalue weighted by atomic mass is 16.5. The van der Waals surface area contributed by atoms with Crippen molar-refractivity contribution in [1.82, 2.24) is 9.88 Å². The molecule has 7 heteroatoms. The van der Waals surface area contributed by atoms with Gasteiger partial charge < -0.3 is 10.1 Å². The van der Waals surface area contributed by atoms with Crippen molar-refractivity contribution in [1.29, 1.82) is 0 Å². The van der Waals surface area contributed by atoms with Crippen molar-refractivity contribution in [2.24, 2.45) is 11.8 Å². The Kier molecular flexibility index (Phi) is 4.78. The number of nitrogens with one attached hydrogen (secondary N) is 1. The Hall–Kier alpha value is -2.44. The maximum absolute atomic E-state index is 12.3. The second-order valence-corrected chi connectivity index (χ2v) is 6.21. The van der Waals surface area contributed by atoms with Crippen molar-refractivity contribution in [2.75, 3.05) is 19.0 Å². The van der Waals surface area contributed by atoms with Gasteiger partial charge in [0.05, 0.1) is 30.8 Å². The van der Waals surface area contributed by atoms with E-state index in [9.17, 15) is 14.4 Å². The van der Waals surface area contributed by atoms with E-state index in [1.54, 1.807) is 12.1 Å². The maximum Gasteiger partial charge on any atom is 0.233 e. The zero-order valence-electron chi connectivity index (χ0n) is 13.7. The number of rotatable bonds is 5. The molecule has 128 valence electrons. The van der Waals surface area contributed by atoms with Gasteiger partial charge in [-0.1, -0.05) is 12.8 Å². The Bertz CT molecular complexity index is 620. The first-order valence-corrected chi connectivity index (χ1v) is 8.25. The van der Waals surface area contributed by atoms with Gasteiger partial charge >= 0.3 is 0 Å². The van der Waals surface area contributed by atoms with Crippen LogP contribution < -0.4 is 10.1 Å². The smallest absolute Gasteiger partial charge is 0.233 e. The molecule has 3 rings (SSSR count). The third-order valence-corrected chi connectivity index (χ3v) is 4.72. The maximum atomic E-state index is 12.3. The van der Waals surface area contributed by atoms with Gasteiger partial charge in [-0.05, 0) is 18.9 Å². The van der Waals surface area contributed by atoms with Gasteiger partial charge in [-0.25, -0.2) is 4.98 Å². The number of methoxy groups -OCH3 is 1. The first-order valence-electron chi connectivity index (χ1n) is 8.25. The molecule has 2 aliphatic rings. The predicted molar refractivity (Wildman–Crippen MR) is 86.2 cm³/mol. The molecule has 7 nitrogen and oxygen atoms in total. The van der Waals surface area contributed by atoms with E-state index in [4.69, 9.17) is 4.74 Å². The molecular formula is C17H21N3O4. The van der Waals surface area contributed by atoms with Crippen molar-refractivity contribution < 1.29 is 19.1 Å². The van der Waals surface area contributed by atoms with E-state index in [-0.39, 0.29) is 42.5 Å². The van der Waals surface area contributed by atoms with Crippen LogP contribution in [0.2, 0.25) is 0 Å². The Morgan fingerprint density at radius 3 is 2.46 bits per heavy atom. The largest absolute Gasteiger partial charge is 0.481 e. The second kappa shape index (κ2) is 6.98. The van der Waals surface area contributed by atoms with Crippen LogP contribution in [0.3, 0.4) is 0 Å². The number of fused-ring (bicyclic) bond motifs is 1. The number of likely N-dealkylation sites (tertiary alicyclic amines) is 1. The van der Waals surface area contributed by atoms with Gasteiger partial charge in [-0.3, -0.25) is 19.3 Å². The normalized spacial score (nSPS) is 23.1. The Balaban J connectivity index is 1.54. The summed E-state index contributed by atoms with van der Waals surface area (Å²) in [5.74, 6) is -0.339. The molecule has 2 fully saturated rings. The average Bonchev–Trinajstić information content (AvgIpc) is 2.85. The minimum absolute atomic E-state index is 0.0863. The molecule has 1 saturated carbocycles. The number of nitrogens with zero attached hydrogens (tertiary/aromatic N) is 2. The van der Waals surface area contributed by atoms with Crippen LogP contribution in [-0.4, -0.2) is 41.3 Å². The summed E-state index contributed by atoms with van der Waals surface area (Å²) in [7, 11) is 1.52. The van der Waals surface area contributed by atoms with Crippen molar-refractivity contribution >= 4 is 23.4 Å². The van der Waals surface area contributed by atoms with Crippen molar-refractivity contribution in [3.05, 3.63) is 18.3 Å². The summed E-state index contributed by atoms with van der Waals surface area (Å²) in [6, 6.07) is 3.33. The fourth-order valence-electron chi connectivity index (χ4n) is 3.46. The fraction of sp³-hybridized carbons (Fsp3) is 0.529. The first-order chi connectivity index (χ1) is 11.6. The highest BCUT2D eigenvalue weighted by molar-refractivity contribution is 6.05. The summed E-state index contributed by atoms with van der Waals surface area (Å²) in [6.45, 7) is 0.139. The summed E-state index contributed by atoms with van der Waals surface area (Å²) >= 11 is 0. The molecule has 1 aliphatic heterocycles. The molecule has 1 aromatic heterocycles. The molecule has 0 radical (unpaired) electrons. The van der Waals surface area contributed by atoms with Crippen LogP contribution in [0.25, 0.3) is 0 Å². The highest BCUT2D eigenvalue weighted by Gasteiger charge is 2.47. The average molecular weight is 331 g/mol. The number of ether oxygens (including phenoxy) is 1. The molecular weight excluding hydrogens is 310 g/mol. The summed E-state index contributed by atoms with van der Waals surface area (Å²) < 4.78 is 4.95. The van der Waals surface area contributed by atoms with Gasteiger partial charge in [0, 0.05) is 19.0 Å². The number of carbonyl (C=O) groups excluding carboxylic acids is 3. The molecule has 1 saturated heterocycles. The molecule has 0 spiro atoms. The molecule has 2 atom stereocenters. The van der Waals surface area contributed by atoms with Gasteiger partial charge in [0.1, 0.15) is 0 Å². The first kappa shape index (κ1) is 16.4. The number of imide groups is 1. The van der Waals surface area contributed by atoms with Crippen molar-refractivity contribution in [3.63, 3.8) is 0 Å². The fourth-order valence-corrected chi connectivity index (χ4v) is 3.46. The third kappa shape index (κ3) is 3.25. The van der Waals surface area contributed by atoms with E-state index in [0.29, 0.717) is 11.6 Å². The van der Waals surface area contributed by atoms with Gasteiger partial charge in [-0.2, -0.15) is 0 Å². The number of amides is 3. The standard InChI is InChI=1S/C17H21N3O4/c1-24-15-7-6-11(10-18-15)19-14(21)8-9-20-16(22)12-4-2-3-5-13(12)17(20)23/h6-7,10,12-13H,2-5,8-9H2,1H3,(H,19,21)/t12-,13-/m1/s1. The lowest BCUT2D eigenvalue weighted by Crippen LogP contribution is -2.34. The van der Waals surface area contributed by atoms with Crippen LogP contribution in [0.15, 0.2) is 18.3 Å². The molecule has 0 aromatic carbocycles. The zero-order valence-corrected chi connectivity index (χ0v) is 13.7. The van der Waals surface area contributed by atoms with E-state index in [2.05, 4.69) is 10.3 Å². The number of hydrogen-bond acceptors (Lipinski definition) is 5. The summed E-state index contributed by atoms with van der Waals surface area (Å²) in [6.07, 6.45) is 5.16. The molecule has 1 aliphatic carbocycles. The second-order valence-electron chi connectivity index (χ2n) is 6.21. The monoisotopic (exact) mass is 331 g/mol. The molecule has 1 N–H and O–H groups in total. The zero-order chi connectivity index (χ0) is 17.1. The van der Waals surface area contributed by atoms with Crippen LogP contribution >= 0.6 is 0 Å². The Morgan fingerprint density at radius 1 is 1.25 bits per heavy atom. The van der Waals surface area contributed by atoms with Crippen LogP contribution in [0.1, 0.15) is 32.1 Å². The third-order valence-electron chi connectivity index (χ3n) is 4.72. The van der Waals surface area contributed by atoms with E-state index in [1.807, 2.05) is 0 Å². The quantitative estimate of drug-likeness (QED) is 0.828. The van der Waals surface area contributed by atoms with E-state index < -0.39 is 0 Å². The lowest BCUT2D eigenvalue weighted by Gasteiger charge is -2.19. The Morgan fingerprint density at radius 2 is 1.92 bits per heavy atom. The summed E-state index contributed by atoms with van der Waals surface area (Å²) in [4.78, 5) is 42.0. The molecule has 0 unspecified atom stereocenters. The minimum atomic E-state index is -0.252.